The van der Waals surface area contributed by atoms with Gasteiger partial charge in [-0.25, -0.2) is 8.78 Å². The maximum Gasteiger partial charge on any atom is 0.491 e. The summed E-state index contributed by atoms with van der Waals surface area (Å²) in [7, 11) is 0. The third-order valence-corrected chi connectivity index (χ3v) is 4.82. The van der Waals surface area contributed by atoms with Crippen molar-refractivity contribution in [2.45, 2.75) is 91.2 Å². The van der Waals surface area contributed by atoms with Gasteiger partial charge in [0.2, 0.25) is 0 Å². The van der Waals surface area contributed by atoms with Gasteiger partial charge in [0.05, 0.1) is 0 Å². The lowest BCUT2D eigenvalue weighted by molar-refractivity contribution is -0.597. The summed E-state index contributed by atoms with van der Waals surface area (Å²) in [5.74, 6) is -13.4. The second-order valence-electron chi connectivity index (χ2n) is 7.70. The van der Waals surface area contributed by atoms with Crippen LogP contribution in [-0.2, 0) is 9.47 Å². The molecule has 0 spiro atoms. The molecule has 1 heterocycles. The lowest BCUT2D eigenvalue weighted by Gasteiger charge is -2.56. The first-order valence-electron chi connectivity index (χ1n) is 8.07. The predicted octanol–water partition coefficient (Wildman–Crippen LogP) is 6.20. The van der Waals surface area contributed by atoms with Gasteiger partial charge in [-0.2, -0.15) is 8.78 Å². The number of alkyl halides is 6. The molecule has 0 aromatic heterocycles. The minimum Gasteiger partial charge on any atom is -0.251 e. The second-order valence-corrected chi connectivity index (χ2v) is 7.70. The summed E-state index contributed by atoms with van der Waals surface area (Å²) < 4.78 is 95.7. The standard InChI is InChI=1S/C16H26F6O2/c1-7-9-11(3,4)14(19)13(17,18)15(20,12(5,6)10-8-2)24-16(21,22)23-14/h7-10H2,1-6H3. The normalized spacial score (nSPS) is 33.5. The van der Waals surface area contributed by atoms with Gasteiger partial charge in [-0.05, 0) is 12.8 Å². The molecule has 144 valence electrons. The summed E-state index contributed by atoms with van der Waals surface area (Å²) in [6, 6.07) is 0. The van der Waals surface area contributed by atoms with Gasteiger partial charge in [0.15, 0.2) is 0 Å². The van der Waals surface area contributed by atoms with E-state index in [9.17, 15) is 17.6 Å². The number of ether oxygens (including phenoxy) is 2. The van der Waals surface area contributed by atoms with E-state index in [2.05, 4.69) is 9.47 Å². The van der Waals surface area contributed by atoms with Crippen LogP contribution in [0.25, 0.3) is 0 Å². The largest absolute Gasteiger partial charge is 0.491 e. The van der Waals surface area contributed by atoms with E-state index in [-0.39, 0.29) is 25.7 Å². The van der Waals surface area contributed by atoms with Crippen molar-refractivity contribution in [2.24, 2.45) is 10.8 Å². The quantitative estimate of drug-likeness (QED) is 0.522. The Labute approximate surface area is 138 Å². The fourth-order valence-corrected chi connectivity index (χ4v) is 3.38. The molecule has 1 fully saturated rings. The van der Waals surface area contributed by atoms with Gasteiger partial charge in [0, 0.05) is 10.8 Å². The van der Waals surface area contributed by atoms with Crippen molar-refractivity contribution in [3.05, 3.63) is 0 Å². The van der Waals surface area contributed by atoms with Gasteiger partial charge in [-0.3, -0.25) is 9.47 Å². The molecule has 2 nitrogen and oxygen atoms in total. The molecule has 24 heavy (non-hydrogen) atoms. The first-order chi connectivity index (χ1) is 10.5. The Morgan fingerprint density at radius 2 is 0.958 bits per heavy atom. The molecule has 2 atom stereocenters. The van der Waals surface area contributed by atoms with Crippen LogP contribution < -0.4 is 0 Å². The van der Waals surface area contributed by atoms with Crippen LogP contribution in [0.3, 0.4) is 0 Å². The van der Waals surface area contributed by atoms with Gasteiger partial charge >= 0.3 is 12.2 Å². The summed E-state index contributed by atoms with van der Waals surface area (Å²) in [5.41, 5.74) is -4.14. The number of halogens is 6. The Morgan fingerprint density at radius 1 is 0.667 bits per heavy atom. The smallest absolute Gasteiger partial charge is 0.251 e. The van der Waals surface area contributed by atoms with Crippen molar-refractivity contribution in [3.8, 4) is 0 Å². The average molecular weight is 364 g/mol. The topological polar surface area (TPSA) is 18.5 Å². The van der Waals surface area contributed by atoms with Crippen molar-refractivity contribution in [1.82, 2.24) is 0 Å². The van der Waals surface area contributed by atoms with Crippen LogP contribution >= 0.6 is 0 Å². The van der Waals surface area contributed by atoms with E-state index < -0.39 is 34.8 Å². The van der Waals surface area contributed by atoms with Crippen molar-refractivity contribution in [2.75, 3.05) is 0 Å². The van der Waals surface area contributed by atoms with E-state index in [1.807, 2.05) is 0 Å². The van der Waals surface area contributed by atoms with Crippen LogP contribution in [0.1, 0.15) is 67.2 Å². The maximum atomic E-state index is 15.3. The molecular formula is C16H26F6O2. The highest BCUT2D eigenvalue weighted by atomic mass is 19.3. The van der Waals surface area contributed by atoms with Crippen LogP contribution in [0.4, 0.5) is 26.3 Å². The van der Waals surface area contributed by atoms with Crippen LogP contribution in [0.2, 0.25) is 0 Å². The van der Waals surface area contributed by atoms with Crippen LogP contribution in [-0.4, -0.2) is 23.9 Å². The zero-order valence-electron chi connectivity index (χ0n) is 14.9. The molecule has 0 aromatic carbocycles. The summed E-state index contributed by atoms with van der Waals surface area (Å²) in [6.07, 6.45) is -4.79. The summed E-state index contributed by atoms with van der Waals surface area (Å²) in [5, 5.41) is 0. The molecule has 1 rings (SSSR count). The predicted molar refractivity (Wildman–Crippen MR) is 77.1 cm³/mol. The van der Waals surface area contributed by atoms with Crippen molar-refractivity contribution >= 4 is 0 Å². The van der Waals surface area contributed by atoms with E-state index >= 15 is 8.78 Å². The Hall–Kier alpha value is -0.500. The summed E-state index contributed by atoms with van der Waals surface area (Å²) in [4.78, 5) is 0. The molecule has 8 heteroatoms. The Balaban J connectivity index is 3.60. The molecule has 0 N–H and O–H groups in total. The molecule has 0 amide bonds. The summed E-state index contributed by atoms with van der Waals surface area (Å²) in [6.45, 7) is 7.20. The van der Waals surface area contributed by atoms with Gasteiger partial charge in [-0.15, -0.1) is 8.78 Å². The third kappa shape index (κ3) is 2.93. The van der Waals surface area contributed by atoms with Gasteiger partial charge in [0.25, 0.3) is 11.7 Å². The number of hydrogen-bond donors (Lipinski definition) is 0. The minimum absolute atomic E-state index is 0.209. The van der Waals surface area contributed by atoms with Gasteiger partial charge in [0.1, 0.15) is 0 Å². The van der Waals surface area contributed by atoms with Crippen molar-refractivity contribution in [1.29, 1.82) is 0 Å². The van der Waals surface area contributed by atoms with Gasteiger partial charge < -0.3 is 0 Å². The molecule has 0 aliphatic carbocycles. The maximum absolute atomic E-state index is 15.3. The highest BCUT2D eigenvalue weighted by Gasteiger charge is 2.85. The Kier molecular flexibility index (Phi) is 5.42. The first kappa shape index (κ1) is 21.5. The molecule has 1 aliphatic rings. The number of rotatable bonds is 6. The molecule has 0 aromatic rings. The fraction of sp³-hybridized carbons (Fsp3) is 1.00. The van der Waals surface area contributed by atoms with Gasteiger partial charge in [-0.1, -0.05) is 54.4 Å². The molecule has 1 aliphatic heterocycles. The van der Waals surface area contributed by atoms with Crippen LogP contribution in [0.5, 0.6) is 0 Å². The average Bonchev–Trinajstić information content (AvgIpc) is 2.35. The summed E-state index contributed by atoms with van der Waals surface area (Å²) >= 11 is 0. The highest BCUT2D eigenvalue weighted by Crippen LogP contribution is 2.65. The molecule has 2 unspecified atom stereocenters. The van der Waals surface area contributed by atoms with E-state index in [1.165, 1.54) is 0 Å². The molecular weight excluding hydrogens is 338 g/mol. The minimum atomic E-state index is -4.95. The van der Waals surface area contributed by atoms with Crippen molar-refractivity contribution in [3.63, 3.8) is 0 Å². The first-order valence-corrected chi connectivity index (χ1v) is 8.07. The van der Waals surface area contributed by atoms with Crippen LogP contribution in [0.15, 0.2) is 0 Å². The zero-order valence-corrected chi connectivity index (χ0v) is 14.9. The second kappa shape index (κ2) is 6.04. The van der Waals surface area contributed by atoms with Crippen LogP contribution in [0, 0.1) is 10.8 Å². The number of hydrogen-bond acceptors (Lipinski definition) is 2. The monoisotopic (exact) mass is 364 g/mol. The SMILES string of the molecule is CCCC(C)(C)C1(F)OC(F)(F)OC(F)(C(C)(C)CCC)C1(F)F. The van der Waals surface area contributed by atoms with E-state index in [0.717, 1.165) is 27.7 Å². The zero-order chi connectivity index (χ0) is 19.2. The van der Waals surface area contributed by atoms with Crippen molar-refractivity contribution < 1.29 is 35.8 Å². The Bertz CT molecular complexity index is 427. The van der Waals surface area contributed by atoms with E-state index in [4.69, 9.17) is 0 Å². The Morgan fingerprint density at radius 3 is 1.21 bits per heavy atom. The lowest BCUT2D eigenvalue weighted by atomic mass is 9.68. The molecule has 1 saturated heterocycles. The van der Waals surface area contributed by atoms with E-state index in [0.29, 0.717) is 0 Å². The third-order valence-electron chi connectivity index (χ3n) is 4.82. The molecule has 0 bridgehead atoms. The lowest BCUT2D eigenvalue weighted by Crippen LogP contribution is -2.76. The highest BCUT2D eigenvalue weighted by molar-refractivity contribution is 5.11. The van der Waals surface area contributed by atoms with E-state index in [1.54, 1.807) is 13.8 Å². The molecule has 0 radical (unpaired) electrons. The fourth-order valence-electron chi connectivity index (χ4n) is 3.38. The molecule has 0 saturated carbocycles.